The van der Waals surface area contributed by atoms with E-state index in [1.165, 1.54) is 0 Å². The number of para-hydroxylation sites is 1. The van der Waals surface area contributed by atoms with E-state index in [4.69, 9.17) is 9.84 Å². The van der Waals surface area contributed by atoms with Gasteiger partial charge in [0.25, 0.3) is 5.91 Å². The number of aromatic nitrogens is 2. The molecule has 1 aliphatic rings. The van der Waals surface area contributed by atoms with Gasteiger partial charge in [-0.3, -0.25) is 9.69 Å². The average molecular weight is 405 g/mol. The van der Waals surface area contributed by atoms with Gasteiger partial charge in [-0.05, 0) is 49.4 Å². The second-order valence-corrected chi connectivity index (χ2v) is 7.53. The van der Waals surface area contributed by atoms with E-state index >= 15 is 0 Å². The minimum Gasteiger partial charge on any atom is -0.497 e. The molecule has 0 saturated carbocycles. The van der Waals surface area contributed by atoms with Crippen molar-refractivity contribution in [3.63, 3.8) is 0 Å². The Balaban J connectivity index is 1.66. The Morgan fingerprint density at radius 3 is 2.33 bits per heavy atom. The number of carbonyl (C=O) groups excluding carboxylic acids is 1. The normalized spacial score (nSPS) is 14.7. The molecule has 4 rings (SSSR count). The van der Waals surface area contributed by atoms with E-state index in [0.29, 0.717) is 11.3 Å². The first-order valence-corrected chi connectivity index (χ1v) is 10.5. The first kappa shape index (κ1) is 20.2. The number of ether oxygens (including phenoxy) is 1. The van der Waals surface area contributed by atoms with Crippen LogP contribution in [0.15, 0.2) is 60.8 Å². The van der Waals surface area contributed by atoms with Gasteiger partial charge in [0.15, 0.2) is 0 Å². The molecular formula is C24H28N4O2. The van der Waals surface area contributed by atoms with Gasteiger partial charge in [0.05, 0.1) is 18.4 Å². The van der Waals surface area contributed by atoms with E-state index in [1.54, 1.807) is 11.8 Å². The molecule has 0 aliphatic carbocycles. The van der Waals surface area contributed by atoms with Crippen LogP contribution in [0.2, 0.25) is 0 Å². The summed E-state index contributed by atoms with van der Waals surface area (Å²) in [6.45, 7) is 6.62. The molecule has 1 amide bonds. The van der Waals surface area contributed by atoms with Crippen LogP contribution in [0.1, 0.15) is 23.7 Å². The molecule has 3 aromatic rings. The molecule has 1 aromatic heterocycles. The Bertz CT molecular complexity index is 974. The molecule has 2 aromatic carbocycles. The van der Waals surface area contributed by atoms with Gasteiger partial charge in [-0.2, -0.15) is 5.10 Å². The minimum atomic E-state index is 0.0409. The minimum absolute atomic E-state index is 0.0409. The van der Waals surface area contributed by atoms with Crippen LogP contribution in [0.25, 0.3) is 16.9 Å². The van der Waals surface area contributed by atoms with E-state index < -0.39 is 0 Å². The zero-order chi connectivity index (χ0) is 20.9. The van der Waals surface area contributed by atoms with Gasteiger partial charge in [-0.15, -0.1) is 0 Å². The van der Waals surface area contributed by atoms with Crippen LogP contribution in [0.3, 0.4) is 0 Å². The molecule has 0 unspecified atom stereocenters. The van der Waals surface area contributed by atoms with Crippen molar-refractivity contribution in [3.05, 3.63) is 66.4 Å². The number of hydrogen-bond acceptors (Lipinski definition) is 4. The van der Waals surface area contributed by atoms with Crippen LogP contribution in [-0.4, -0.2) is 65.3 Å². The van der Waals surface area contributed by atoms with Crippen molar-refractivity contribution in [2.45, 2.75) is 13.3 Å². The number of benzene rings is 2. The third-order valence-corrected chi connectivity index (χ3v) is 5.53. The van der Waals surface area contributed by atoms with Crippen LogP contribution >= 0.6 is 0 Å². The van der Waals surface area contributed by atoms with Crippen molar-refractivity contribution in [2.75, 3.05) is 39.8 Å². The number of nitrogens with zero attached hydrogens (tertiary/aromatic N) is 4. The highest BCUT2D eigenvalue weighted by atomic mass is 16.5. The topological polar surface area (TPSA) is 50.6 Å². The van der Waals surface area contributed by atoms with E-state index in [0.717, 1.165) is 56.1 Å². The van der Waals surface area contributed by atoms with E-state index in [9.17, 15) is 4.79 Å². The zero-order valence-corrected chi connectivity index (χ0v) is 17.6. The molecule has 6 nitrogen and oxygen atoms in total. The molecule has 0 spiro atoms. The highest BCUT2D eigenvalue weighted by Crippen LogP contribution is 2.27. The molecule has 1 aliphatic heterocycles. The highest BCUT2D eigenvalue weighted by molar-refractivity contribution is 6.00. The molecule has 1 saturated heterocycles. The van der Waals surface area contributed by atoms with Gasteiger partial charge in [-0.25, -0.2) is 4.68 Å². The third kappa shape index (κ3) is 4.24. The zero-order valence-electron chi connectivity index (χ0n) is 17.6. The molecule has 0 bridgehead atoms. The summed E-state index contributed by atoms with van der Waals surface area (Å²) in [4.78, 5) is 17.8. The third-order valence-electron chi connectivity index (χ3n) is 5.53. The maximum absolute atomic E-state index is 13.5. The summed E-state index contributed by atoms with van der Waals surface area (Å²) in [7, 11) is 1.65. The van der Waals surface area contributed by atoms with Gasteiger partial charge >= 0.3 is 0 Å². The van der Waals surface area contributed by atoms with Crippen molar-refractivity contribution < 1.29 is 9.53 Å². The Labute approximate surface area is 177 Å². The fraction of sp³-hybridized carbons (Fsp3) is 0.333. The largest absolute Gasteiger partial charge is 0.497 e. The number of carbonyl (C=O) groups is 1. The second kappa shape index (κ2) is 9.13. The first-order valence-electron chi connectivity index (χ1n) is 10.5. The van der Waals surface area contributed by atoms with Crippen molar-refractivity contribution in [1.82, 2.24) is 19.6 Å². The van der Waals surface area contributed by atoms with Crippen LogP contribution in [-0.2, 0) is 0 Å². The monoisotopic (exact) mass is 404 g/mol. The molecule has 30 heavy (non-hydrogen) atoms. The lowest BCUT2D eigenvalue weighted by atomic mass is 10.1. The van der Waals surface area contributed by atoms with Gasteiger partial charge in [-0.1, -0.05) is 25.1 Å². The quantitative estimate of drug-likeness (QED) is 0.628. The van der Waals surface area contributed by atoms with Gasteiger partial charge in [0.1, 0.15) is 11.4 Å². The molecule has 0 N–H and O–H groups in total. The van der Waals surface area contributed by atoms with Crippen LogP contribution in [0, 0.1) is 0 Å². The van der Waals surface area contributed by atoms with Gasteiger partial charge < -0.3 is 9.64 Å². The smallest absolute Gasteiger partial charge is 0.257 e. The summed E-state index contributed by atoms with van der Waals surface area (Å²) in [6.07, 6.45) is 3.00. The number of piperazine rings is 1. The first-order chi connectivity index (χ1) is 14.7. The van der Waals surface area contributed by atoms with Gasteiger partial charge in [0.2, 0.25) is 0 Å². The lowest BCUT2D eigenvalue weighted by Gasteiger charge is -2.34. The predicted octanol–water partition coefficient (Wildman–Crippen LogP) is 3.72. The summed E-state index contributed by atoms with van der Waals surface area (Å²) < 4.78 is 7.07. The summed E-state index contributed by atoms with van der Waals surface area (Å²) >= 11 is 0. The number of hydrogen-bond donors (Lipinski definition) is 0. The fourth-order valence-corrected chi connectivity index (χ4v) is 3.87. The molecule has 2 heterocycles. The van der Waals surface area contributed by atoms with Gasteiger partial charge in [0, 0.05) is 37.9 Å². The highest BCUT2D eigenvalue weighted by Gasteiger charge is 2.26. The van der Waals surface area contributed by atoms with E-state index in [2.05, 4.69) is 11.8 Å². The lowest BCUT2D eigenvalue weighted by Crippen LogP contribution is -2.48. The van der Waals surface area contributed by atoms with Crippen molar-refractivity contribution in [1.29, 1.82) is 0 Å². The maximum Gasteiger partial charge on any atom is 0.257 e. The summed E-state index contributed by atoms with van der Waals surface area (Å²) in [5, 5.41) is 4.78. The number of methoxy groups -OCH3 is 1. The molecule has 1 fully saturated rings. The molecule has 0 atom stereocenters. The predicted molar refractivity (Wildman–Crippen MR) is 118 cm³/mol. The molecule has 0 radical (unpaired) electrons. The Morgan fingerprint density at radius 2 is 1.70 bits per heavy atom. The summed E-state index contributed by atoms with van der Waals surface area (Å²) in [6, 6.07) is 17.6. The average Bonchev–Trinajstić information content (AvgIpc) is 3.25. The lowest BCUT2D eigenvalue weighted by molar-refractivity contribution is 0.0638. The summed E-state index contributed by atoms with van der Waals surface area (Å²) in [5.74, 6) is 0.820. The Hall–Kier alpha value is -3.12. The molecule has 6 heteroatoms. The van der Waals surface area contributed by atoms with Crippen LogP contribution < -0.4 is 4.74 Å². The van der Waals surface area contributed by atoms with Crippen molar-refractivity contribution >= 4 is 5.91 Å². The second-order valence-electron chi connectivity index (χ2n) is 7.53. The SMILES string of the molecule is CCCN1CCN(C(=O)c2cn(-c3ccccc3)nc2-c2ccc(OC)cc2)CC1. The maximum atomic E-state index is 13.5. The van der Waals surface area contributed by atoms with Crippen LogP contribution in [0.5, 0.6) is 5.75 Å². The molecular weight excluding hydrogens is 376 g/mol. The Kier molecular flexibility index (Phi) is 6.14. The number of amides is 1. The van der Waals surface area contributed by atoms with Crippen molar-refractivity contribution in [2.24, 2.45) is 0 Å². The number of rotatable bonds is 6. The molecule has 156 valence electrons. The Morgan fingerprint density at radius 1 is 1.00 bits per heavy atom. The van der Waals surface area contributed by atoms with E-state index in [1.807, 2.05) is 65.7 Å². The standard InChI is InChI=1S/C24H28N4O2/c1-3-13-26-14-16-27(17-15-26)24(29)22-18-28(20-7-5-4-6-8-20)25-23(22)19-9-11-21(30-2)12-10-19/h4-12,18H,3,13-17H2,1-2H3. The summed E-state index contributed by atoms with van der Waals surface area (Å²) in [5.41, 5.74) is 3.16. The van der Waals surface area contributed by atoms with Crippen LogP contribution in [0.4, 0.5) is 0 Å². The fourth-order valence-electron chi connectivity index (χ4n) is 3.87. The van der Waals surface area contributed by atoms with E-state index in [-0.39, 0.29) is 5.91 Å². The van der Waals surface area contributed by atoms with Crippen molar-refractivity contribution in [3.8, 4) is 22.7 Å².